The van der Waals surface area contributed by atoms with Crippen LogP contribution in [0.5, 0.6) is 0 Å². The Labute approximate surface area is 185 Å². The fourth-order valence-corrected chi connectivity index (χ4v) is 6.54. The predicted octanol–water partition coefficient (Wildman–Crippen LogP) is 4.35. The van der Waals surface area contributed by atoms with Crippen LogP contribution in [0, 0.1) is 11.8 Å². The molecule has 3 aromatic carbocycles. The Morgan fingerprint density at radius 3 is 1.97 bits per heavy atom. The number of carboxylic acids is 1. The molecule has 1 N–H and O–H groups in total. The average Bonchev–Trinajstić information content (AvgIpc) is 3.10. The van der Waals surface area contributed by atoms with Crippen molar-refractivity contribution in [3.63, 3.8) is 0 Å². The second-order valence-corrected chi connectivity index (χ2v) is 8.84. The van der Waals surface area contributed by atoms with Gasteiger partial charge in [0.2, 0.25) is 11.8 Å². The highest BCUT2D eigenvalue weighted by Crippen LogP contribution is 2.65. The van der Waals surface area contributed by atoms with Gasteiger partial charge in [-0.05, 0) is 52.9 Å². The summed E-state index contributed by atoms with van der Waals surface area (Å²) in [4.78, 5) is 40.3. The van der Waals surface area contributed by atoms with Crippen LogP contribution in [0.15, 0.2) is 72.8 Å². The number of hydrogen-bond acceptors (Lipinski definition) is 3. The smallest absolute Gasteiger partial charge is 0.335 e. The second-order valence-electron chi connectivity index (χ2n) is 8.84. The fraction of sp³-hybridized carbons (Fsp3) is 0.222. The summed E-state index contributed by atoms with van der Waals surface area (Å²) in [5.41, 5.74) is 4.56. The Morgan fingerprint density at radius 1 is 0.875 bits per heavy atom. The lowest BCUT2D eigenvalue weighted by Gasteiger charge is -2.54. The first-order valence-corrected chi connectivity index (χ1v) is 10.9. The minimum atomic E-state index is -1.04. The molecule has 1 saturated heterocycles. The molecule has 0 spiro atoms. The molecule has 5 heteroatoms. The van der Waals surface area contributed by atoms with Crippen molar-refractivity contribution in [3.05, 3.63) is 101 Å². The van der Waals surface area contributed by atoms with Gasteiger partial charge < -0.3 is 5.11 Å². The van der Waals surface area contributed by atoms with E-state index in [1.165, 1.54) is 17.0 Å². The number of amides is 2. The van der Waals surface area contributed by atoms with E-state index in [0.29, 0.717) is 12.1 Å². The molecule has 1 heterocycles. The minimum Gasteiger partial charge on any atom is -0.478 e. The van der Waals surface area contributed by atoms with Crippen molar-refractivity contribution in [1.29, 1.82) is 0 Å². The number of nitrogens with zero attached hydrogens (tertiary/aromatic N) is 1. The van der Waals surface area contributed by atoms with E-state index >= 15 is 0 Å². The fourth-order valence-electron chi connectivity index (χ4n) is 6.54. The molecular weight excluding hydrogens is 402 g/mol. The van der Waals surface area contributed by atoms with Crippen molar-refractivity contribution in [2.45, 2.75) is 24.7 Å². The normalized spacial score (nSPS) is 27.2. The summed E-state index contributed by atoms with van der Waals surface area (Å²) in [6.07, 6.45) is 0.708. The van der Waals surface area contributed by atoms with Crippen molar-refractivity contribution in [3.8, 4) is 0 Å². The van der Waals surface area contributed by atoms with E-state index in [-0.39, 0.29) is 23.3 Å². The number of anilines is 1. The molecule has 3 aliphatic carbocycles. The Hall–Kier alpha value is -3.73. The van der Waals surface area contributed by atoms with Gasteiger partial charge in [0.15, 0.2) is 0 Å². The third kappa shape index (κ3) is 2.11. The third-order valence-electron chi connectivity index (χ3n) is 7.72. The van der Waals surface area contributed by atoms with Crippen LogP contribution in [0.3, 0.4) is 0 Å². The Morgan fingerprint density at radius 2 is 1.44 bits per heavy atom. The molecule has 2 amide bonds. The molecule has 2 unspecified atom stereocenters. The molecule has 0 radical (unpaired) electrons. The van der Waals surface area contributed by atoms with Gasteiger partial charge in [-0.1, -0.05) is 55.5 Å². The lowest BCUT2D eigenvalue weighted by atomic mass is 9.46. The lowest BCUT2D eigenvalue weighted by Crippen LogP contribution is -2.53. The van der Waals surface area contributed by atoms with Gasteiger partial charge in [-0.2, -0.15) is 0 Å². The van der Waals surface area contributed by atoms with Gasteiger partial charge in [0.1, 0.15) is 0 Å². The molecule has 4 aliphatic rings. The summed E-state index contributed by atoms with van der Waals surface area (Å²) in [6, 6.07) is 22.4. The number of rotatable bonds is 3. The maximum absolute atomic E-state index is 13.9. The van der Waals surface area contributed by atoms with Gasteiger partial charge in [-0.15, -0.1) is 0 Å². The predicted molar refractivity (Wildman–Crippen MR) is 119 cm³/mol. The molecule has 2 atom stereocenters. The highest BCUT2D eigenvalue weighted by Gasteiger charge is 2.67. The second kappa shape index (κ2) is 6.39. The molecule has 5 nitrogen and oxygen atoms in total. The van der Waals surface area contributed by atoms with Crippen LogP contribution in [0.25, 0.3) is 0 Å². The first kappa shape index (κ1) is 19.0. The molecule has 2 bridgehead atoms. The Bertz CT molecular complexity index is 1260. The van der Waals surface area contributed by atoms with Gasteiger partial charge >= 0.3 is 5.97 Å². The van der Waals surface area contributed by atoms with E-state index in [9.17, 15) is 19.5 Å². The molecule has 1 fully saturated rings. The summed E-state index contributed by atoms with van der Waals surface area (Å²) in [5.74, 6) is -2.55. The zero-order valence-electron chi connectivity index (χ0n) is 17.5. The maximum atomic E-state index is 13.9. The first-order chi connectivity index (χ1) is 15.5. The zero-order valence-corrected chi connectivity index (χ0v) is 17.5. The van der Waals surface area contributed by atoms with Crippen LogP contribution >= 0.6 is 0 Å². The van der Waals surface area contributed by atoms with Crippen molar-refractivity contribution in [1.82, 2.24) is 0 Å². The minimum absolute atomic E-state index is 0.121. The number of benzene rings is 3. The van der Waals surface area contributed by atoms with Crippen molar-refractivity contribution >= 4 is 23.5 Å². The molecular formula is C27H21NO4. The number of aromatic carboxylic acids is 1. The highest BCUT2D eigenvalue weighted by molar-refractivity contribution is 6.23. The number of carbonyl (C=O) groups is 3. The van der Waals surface area contributed by atoms with Crippen LogP contribution in [-0.4, -0.2) is 22.9 Å². The van der Waals surface area contributed by atoms with Gasteiger partial charge in [-0.25, -0.2) is 9.69 Å². The van der Waals surface area contributed by atoms with Gasteiger partial charge in [-0.3, -0.25) is 9.59 Å². The molecule has 0 saturated carbocycles. The molecule has 0 aromatic heterocycles. The SMILES string of the molecule is CCC12c3ccccc3C(c3ccccc31)C1C(=O)N(c3ccc(C(=O)O)cc3)C(=O)C12. The van der Waals surface area contributed by atoms with E-state index in [1.807, 2.05) is 24.3 Å². The van der Waals surface area contributed by atoms with E-state index in [2.05, 4.69) is 31.2 Å². The van der Waals surface area contributed by atoms with Gasteiger partial charge in [0.05, 0.1) is 23.1 Å². The quantitative estimate of drug-likeness (QED) is 0.636. The van der Waals surface area contributed by atoms with E-state index in [0.717, 1.165) is 22.3 Å². The van der Waals surface area contributed by atoms with Crippen molar-refractivity contribution in [2.75, 3.05) is 4.90 Å². The topological polar surface area (TPSA) is 74.7 Å². The third-order valence-corrected chi connectivity index (χ3v) is 7.72. The Kier molecular flexibility index (Phi) is 3.79. The maximum Gasteiger partial charge on any atom is 0.335 e. The lowest BCUT2D eigenvalue weighted by molar-refractivity contribution is -0.123. The van der Waals surface area contributed by atoms with Crippen LogP contribution in [-0.2, 0) is 15.0 Å². The van der Waals surface area contributed by atoms with Gasteiger partial charge in [0.25, 0.3) is 0 Å². The molecule has 7 rings (SSSR count). The van der Waals surface area contributed by atoms with Crippen molar-refractivity contribution < 1.29 is 19.5 Å². The number of imide groups is 1. The highest BCUT2D eigenvalue weighted by atomic mass is 16.4. The number of hydrogen-bond donors (Lipinski definition) is 1. The number of carbonyl (C=O) groups excluding carboxylic acids is 2. The summed E-state index contributed by atoms with van der Waals surface area (Å²) in [6.45, 7) is 2.10. The van der Waals surface area contributed by atoms with E-state index < -0.39 is 23.2 Å². The monoisotopic (exact) mass is 423 g/mol. The summed E-state index contributed by atoms with van der Waals surface area (Å²) in [7, 11) is 0. The van der Waals surface area contributed by atoms with Crippen LogP contribution in [0.1, 0.15) is 51.9 Å². The average molecular weight is 423 g/mol. The summed E-state index contributed by atoms with van der Waals surface area (Å²) < 4.78 is 0. The largest absolute Gasteiger partial charge is 0.478 e. The summed E-state index contributed by atoms with van der Waals surface area (Å²) in [5, 5.41) is 9.21. The standard InChI is InChI=1S/C27H21NO4/c1-2-27-19-9-5-3-7-17(19)21(18-8-4-6-10-20(18)27)22-23(27)25(30)28(24(22)29)16-13-11-15(12-14-16)26(31)32/h3-14,21-23H,2H2,1H3,(H,31,32). The molecule has 158 valence electrons. The zero-order chi connectivity index (χ0) is 22.2. The molecule has 32 heavy (non-hydrogen) atoms. The van der Waals surface area contributed by atoms with Crippen LogP contribution < -0.4 is 4.90 Å². The first-order valence-electron chi connectivity index (χ1n) is 10.9. The number of carboxylic acid groups (broad SMARTS) is 1. The van der Waals surface area contributed by atoms with Crippen LogP contribution in [0.2, 0.25) is 0 Å². The van der Waals surface area contributed by atoms with E-state index in [4.69, 9.17) is 0 Å². The summed E-state index contributed by atoms with van der Waals surface area (Å²) >= 11 is 0. The van der Waals surface area contributed by atoms with E-state index in [1.54, 1.807) is 12.1 Å². The van der Waals surface area contributed by atoms with Crippen LogP contribution in [0.4, 0.5) is 5.69 Å². The van der Waals surface area contributed by atoms with Gasteiger partial charge in [0, 0.05) is 11.3 Å². The molecule has 3 aromatic rings. The van der Waals surface area contributed by atoms with Crippen molar-refractivity contribution in [2.24, 2.45) is 11.8 Å². The Balaban J connectivity index is 1.58. The molecule has 1 aliphatic heterocycles.